The van der Waals surface area contributed by atoms with Crippen molar-refractivity contribution in [1.29, 1.82) is 0 Å². The Kier molecular flexibility index (Phi) is 3.50. The lowest BCUT2D eigenvalue weighted by Crippen LogP contribution is -2.33. The number of fused-ring (bicyclic) bond motifs is 1. The Balaban J connectivity index is 1.97. The molecule has 1 aliphatic rings. The minimum Gasteiger partial charge on any atom is -0.458 e. The first-order chi connectivity index (χ1) is 9.50. The SMILES string of the molecule is NNC(c1cc2cccc(Cl)c2o1)C1CCS(=O)(=O)C1. The van der Waals surface area contributed by atoms with Crippen molar-refractivity contribution in [1.82, 2.24) is 5.43 Å². The molecule has 1 aromatic carbocycles. The quantitative estimate of drug-likeness (QED) is 0.669. The zero-order valence-electron chi connectivity index (χ0n) is 10.7. The third-order valence-electron chi connectivity index (χ3n) is 3.74. The van der Waals surface area contributed by atoms with Crippen LogP contribution in [0, 0.1) is 5.92 Å². The second-order valence-electron chi connectivity index (χ2n) is 5.11. The van der Waals surface area contributed by atoms with Crippen LogP contribution in [0.1, 0.15) is 18.2 Å². The van der Waals surface area contributed by atoms with Gasteiger partial charge in [0.1, 0.15) is 5.76 Å². The van der Waals surface area contributed by atoms with Crippen LogP contribution < -0.4 is 11.3 Å². The monoisotopic (exact) mass is 314 g/mol. The largest absolute Gasteiger partial charge is 0.458 e. The molecule has 0 radical (unpaired) electrons. The maximum atomic E-state index is 11.6. The normalized spacial score (nSPS) is 23.2. The highest BCUT2D eigenvalue weighted by Crippen LogP contribution is 2.35. The van der Waals surface area contributed by atoms with Crippen molar-refractivity contribution in [2.45, 2.75) is 12.5 Å². The van der Waals surface area contributed by atoms with E-state index < -0.39 is 9.84 Å². The van der Waals surface area contributed by atoms with Crippen molar-refractivity contribution >= 4 is 32.4 Å². The van der Waals surface area contributed by atoms with Crippen molar-refractivity contribution < 1.29 is 12.8 Å². The molecule has 5 nitrogen and oxygen atoms in total. The summed E-state index contributed by atoms with van der Waals surface area (Å²) in [5.74, 6) is 6.48. The average molecular weight is 315 g/mol. The van der Waals surface area contributed by atoms with Crippen LogP contribution in [0.5, 0.6) is 0 Å². The van der Waals surface area contributed by atoms with Gasteiger partial charge in [-0.2, -0.15) is 0 Å². The molecule has 1 aromatic heterocycles. The highest BCUT2D eigenvalue weighted by molar-refractivity contribution is 7.91. The van der Waals surface area contributed by atoms with E-state index in [1.165, 1.54) is 0 Å². The van der Waals surface area contributed by atoms with Crippen LogP contribution in [0.3, 0.4) is 0 Å². The highest BCUT2D eigenvalue weighted by atomic mass is 35.5. The number of hydrogen-bond donors (Lipinski definition) is 2. The highest BCUT2D eigenvalue weighted by Gasteiger charge is 2.35. The summed E-state index contributed by atoms with van der Waals surface area (Å²) < 4.78 is 29.0. The molecule has 108 valence electrons. The van der Waals surface area contributed by atoms with E-state index >= 15 is 0 Å². The van der Waals surface area contributed by atoms with E-state index in [0.717, 1.165) is 5.39 Å². The number of furan rings is 1. The second-order valence-corrected chi connectivity index (χ2v) is 7.75. The molecular weight excluding hydrogens is 300 g/mol. The van der Waals surface area contributed by atoms with Gasteiger partial charge in [0, 0.05) is 5.39 Å². The molecule has 2 atom stereocenters. The van der Waals surface area contributed by atoms with E-state index in [1.807, 2.05) is 18.2 Å². The lowest BCUT2D eigenvalue weighted by Gasteiger charge is -2.19. The number of sulfone groups is 1. The van der Waals surface area contributed by atoms with E-state index in [1.54, 1.807) is 6.07 Å². The molecule has 20 heavy (non-hydrogen) atoms. The molecule has 2 unspecified atom stereocenters. The number of halogens is 1. The van der Waals surface area contributed by atoms with E-state index in [9.17, 15) is 8.42 Å². The van der Waals surface area contributed by atoms with Gasteiger partial charge in [0.15, 0.2) is 15.4 Å². The zero-order chi connectivity index (χ0) is 14.3. The van der Waals surface area contributed by atoms with Crippen LogP contribution in [-0.2, 0) is 9.84 Å². The van der Waals surface area contributed by atoms with Gasteiger partial charge in [-0.25, -0.2) is 13.8 Å². The molecule has 7 heteroatoms. The minimum atomic E-state index is -2.96. The van der Waals surface area contributed by atoms with Crippen molar-refractivity contribution in [3.8, 4) is 0 Å². The average Bonchev–Trinajstić information content (AvgIpc) is 2.95. The van der Waals surface area contributed by atoms with Crippen LogP contribution in [-0.4, -0.2) is 19.9 Å². The van der Waals surface area contributed by atoms with Gasteiger partial charge in [-0.3, -0.25) is 5.84 Å². The Morgan fingerprint density at radius 3 is 2.85 bits per heavy atom. The van der Waals surface area contributed by atoms with Gasteiger partial charge < -0.3 is 4.42 Å². The lowest BCUT2D eigenvalue weighted by atomic mass is 9.97. The Bertz CT molecular complexity index is 741. The number of hydrazine groups is 1. The maximum absolute atomic E-state index is 11.6. The fourth-order valence-corrected chi connectivity index (χ4v) is 4.80. The summed E-state index contributed by atoms with van der Waals surface area (Å²) in [6.07, 6.45) is 0.585. The van der Waals surface area contributed by atoms with Gasteiger partial charge in [-0.05, 0) is 24.5 Å². The molecule has 2 heterocycles. The van der Waals surface area contributed by atoms with Crippen LogP contribution in [0.25, 0.3) is 11.0 Å². The molecule has 1 aliphatic heterocycles. The van der Waals surface area contributed by atoms with Gasteiger partial charge in [-0.15, -0.1) is 0 Å². The van der Waals surface area contributed by atoms with Crippen LogP contribution in [0.2, 0.25) is 5.02 Å². The molecule has 0 amide bonds. The number of benzene rings is 1. The summed E-state index contributed by atoms with van der Waals surface area (Å²) in [7, 11) is -2.96. The molecule has 1 fully saturated rings. The third-order valence-corrected chi connectivity index (χ3v) is 5.83. The van der Waals surface area contributed by atoms with Gasteiger partial charge in [0.25, 0.3) is 0 Å². The summed E-state index contributed by atoms with van der Waals surface area (Å²) in [6, 6.07) is 7.02. The fourth-order valence-electron chi connectivity index (χ4n) is 2.74. The van der Waals surface area contributed by atoms with Crippen molar-refractivity contribution in [3.05, 3.63) is 35.0 Å². The summed E-state index contributed by atoms with van der Waals surface area (Å²) >= 11 is 6.08. The number of hydrogen-bond acceptors (Lipinski definition) is 5. The topological polar surface area (TPSA) is 85.3 Å². The van der Waals surface area contributed by atoms with Gasteiger partial charge in [0.2, 0.25) is 0 Å². The zero-order valence-corrected chi connectivity index (χ0v) is 12.2. The molecule has 3 rings (SSSR count). The molecule has 0 saturated carbocycles. The predicted molar refractivity (Wildman–Crippen MR) is 78.0 cm³/mol. The van der Waals surface area contributed by atoms with Gasteiger partial charge in [0.05, 0.1) is 22.6 Å². The van der Waals surface area contributed by atoms with Crippen LogP contribution >= 0.6 is 11.6 Å². The smallest absolute Gasteiger partial charge is 0.152 e. The number of rotatable bonds is 3. The minimum absolute atomic E-state index is 0.0793. The molecule has 1 saturated heterocycles. The van der Waals surface area contributed by atoms with E-state index in [2.05, 4.69) is 5.43 Å². The van der Waals surface area contributed by atoms with E-state index in [-0.39, 0.29) is 23.5 Å². The Hall–Kier alpha value is -1.08. The van der Waals surface area contributed by atoms with Crippen molar-refractivity contribution in [3.63, 3.8) is 0 Å². The summed E-state index contributed by atoms with van der Waals surface area (Å²) in [5.41, 5.74) is 3.28. The Morgan fingerprint density at radius 2 is 2.25 bits per heavy atom. The summed E-state index contributed by atoms with van der Waals surface area (Å²) in [4.78, 5) is 0. The number of nitrogens with two attached hydrogens (primary N) is 1. The molecule has 2 aromatic rings. The number of para-hydroxylation sites is 1. The summed E-state index contributed by atoms with van der Waals surface area (Å²) in [6.45, 7) is 0. The predicted octanol–water partition coefficient (Wildman–Crippen LogP) is 2.03. The van der Waals surface area contributed by atoms with Gasteiger partial charge >= 0.3 is 0 Å². The first-order valence-corrected chi connectivity index (χ1v) is 8.54. The molecular formula is C13H15ClN2O3S. The van der Waals surface area contributed by atoms with E-state index in [0.29, 0.717) is 22.8 Å². The maximum Gasteiger partial charge on any atom is 0.152 e. The fraction of sp³-hybridized carbons (Fsp3) is 0.385. The molecule has 3 N–H and O–H groups in total. The third kappa shape index (κ3) is 2.44. The van der Waals surface area contributed by atoms with E-state index in [4.69, 9.17) is 21.9 Å². The number of nitrogens with one attached hydrogen (secondary N) is 1. The molecule has 0 bridgehead atoms. The Labute approximate surface area is 122 Å². The van der Waals surface area contributed by atoms with Crippen molar-refractivity contribution in [2.75, 3.05) is 11.5 Å². The molecule has 0 aliphatic carbocycles. The first kappa shape index (κ1) is 13.9. The summed E-state index contributed by atoms with van der Waals surface area (Å²) in [5, 5.41) is 1.41. The Morgan fingerprint density at radius 1 is 1.45 bits per heavy atom. The molecule has 0 spiro atoms. The standard InChI is InChI=1S/C13H15ClN2O3S/c14-10-3-1-2-8-6-11(19-13(8)10)12(16-15)9-4-5-20(17,18)7-9/h1-3,6,9,12,16H,4-5,7,15H2. The lowest BCUT2D eigenvalue weighted by molar-refractivity contribution is 0.342. The van der Waals surface area contributed by atoms with Crippen LogP contribution in [0.15, 0.2) is 28.7 Å². The van der Waals surface area contributed by atoms with Crippen LogP contribution in [0.4, 0.5) is 0 Å². The van der Waals surface area contributed by atoms with Gasteiger partial charge in [-0.1, -0.05) is 23.7 Å². The van der Waals surface area contributed by atoms with Crippen molar-refractivity contribution in [2.24, 2.45) is 11.8 Å². The second kappa shape index (κ2) is 5.04. The first-order valence-electron chi connectivity index (χ1n) is 6.35.